The molecule has 0 amide bonds. The Morgan fingerprint density at radius 2 is 1.93 bits per heavy atom. The van der Waals surface area contributed by atoms with Crippen LogP contribution in [0, 0.1) is 12.3 Å². The summed E-state index contributed by atoms with van der Waals surface area (Å²) >= 11 is 0. The van der Waals surface area contributed by atoms with Crippen LogP contribution in [-0.4, -0.2) is 31.9 Å². The quantitative estimate of drug-likeness (QED) is 0.726. The number of aromatic nitrogens is 1. The molecule has 1 unspecified atom stereocenters. The number of hydrogen-bond acceptors (Lipinski definition) is 4. The van der Waals surface area contributed by atoms with Crippen molar-refractivity contribution in [2.75, 3.05) is 7.11 Å². The van der Waals surface area contributed by atoms with E-state index in [-0.39, 0.29) is 24.2 Å². The number of rotatable bonds is 5. The van der Waals surface area contributed by atoms with E-state index in [1.54, 1.807) is 18.2 Å². The van der Waals surface area contributed by atoms with Gasteiger partial charge >= 0.3 is 5.97 Å². The van der Waals surface area contributed by atoms with E-state index in [0.29, 0.717) is 11.3 Å². The van der Waals surface area contributed by atoms with Crippen LogP contribution >= 0.6 is 0 Å². The molecule has 5 nitrogen and oxygen atoms in total. The molecule has 1 atom stereocenters. The predicted molar refractivity (Wildman–Crippen MR) is 95.3 cm³/mol. The summed E-state index contributed by atoms with van der Waals surface area (Å²) in [5.41, 5.74) is 0.315. The minimum absolute atomic E-state index is 0.0905. The fourth-order valence-corrected chi connectivity index (χ4v) is 4.93. The summed E-state index contributed by atoms with van der Waals surface area (Å²) in [4.78, 5) is 11.8. The van der Waals surface area contributed by atoms with Crippen molar-refractivity contribution >= 4 is 16.0 Å². The van der Waals surface area contributed by atoms with Crippen LogP contribution in [0.5, 0.6) is 0 Å². The lowest BCUT2D eigenvalue weighted by atomic mass is 9.71. The third-order valence-corrected chi connectivity index (χ3v) is 6.95. The Hall–Kier alpha value is -2.22. The van der Waals surface area contributed by atoms with E-state index in [2.05, 4.69) is 4.74 Å². The number of methoxy groups -OCH3 is 1. The molecule has 0 aliphatic heterocycles. The summed E-state index contributed by atoms with van der Waals surface area (Å²) in [6, 6.07) is 8.01. The fraction of sp³-hybridized carbons (Fsp3) is 0.421. The molecule has 1 aromatic heterocycles. The number of hydrogen-bond donors (Lipinski definition) is 0. The molecular formula is C19H21F2NO4S. The van der Waals surface area contributed by atoms with Crippen molar-refractivity contribution < 1.29 is 26.7 Å². The first-order chi connectivity index (χ1) is 12.7. The number of ether oxygens (including phenoxy) is 1. The highest BCUT2D eigenvalue weighted by Gasteiger charge is 2.46. The van der Waals surface area contributed by atoms with Crippen LogP contribution in [-0.2, 0) is 32.4 Å². The Bertz CT molecular complexity index is 951. The molecule has 0 spiro atoms. The molecule has 0 bridgehead atoms. The first-order valence-corrected chi connectivity index (χ1v) is 10.00. The van der Waals surface area contributed by atoms with E-state index >= 15 is 0 Å². The molecule has 1 aliphatic carbocycles. The number of carbonyl (C=O) groups is 1. The number of carbonyl (C=O) groups excluding carboxylic acids is 1. The van der Waals surface area contributed by atoms with Crippen LogP contribution < -0.4 is 0 Å². The van der Waals surface area contributed by atoms with E-state index < -0.39 is 34.3 Å². The van der Waals surface area contributed by atoms with Crippen molar-refractivity contribution in [2.45, 2.75) is 43.9 Å². The highest BCUT2D eigenvalue weighted by atomic mass is 32.2. The van der Waals surface area contributed by atoms with Crippen molar-refractivity contribution in [1.82, 2.24) is 3.97 Å². The molecule has 3 rings (SSSR count). The molecule has 1 heterocycles. The topological polar surface area (TPSA) is 65.4 Å². The molecule has 1 aromatic carbocycles. The van der Waals surface area contributed by atoms with Crippen molar-refractivity contribution in [3.63, 3.8) is 0 Å². The largest absolute Gasteiger partial charge is 0.469 e. The molecule has 146 valence electrons. The third-order valence-electron chi connectivity index (χ3n) is 5.22. The van der Waals surface area contributed by atoms with Gasteiger partial charge in [-0.1, -0.05) is 17.7 Å². The van der Waals surface area contributed by atoms with E-state index in [4.69, 9.17) is 0 Å². The maximum Gasteiger partial charge on any atom is 0.306 e. The van der Waals surface area contributed by atoms with Gasteiger partial charge in [0.25, 0.3) is 10.0 Å². The smallest absolute Gasteiger partial charge is 0.306 e. The molecule has 2 aromatic rings. The number of halogens is 2. The maximum absolute atomic E-state index is 13.9. The van der Waals surface area contributed by atoms with Crippen molar-refractivity contribution in [3.8, 4) is 0 Å². The van der Waals surface area contributed by atoms with Crippen molar-refractivity contribution in [2.24, 2.45) is 5.41 Å². The maximum atomic E-state index is 13.9. The first-order valence-electron chi connectivity index (χ1n) is 8.56. The summed E-state index contributed by atoms with van der Waals surface area (Å²) in [7, 11) is -2.76. The number of benzene rings is 1. The average Bonchev–Trinajstić information content (AvgIpc) is 3.05. The molecular weight excluding hydrogens is 376 g/mol. The second kappa shape index (κ2) is 7.07. The fourth-order valence-electron chi connectivity index (χ4n) is 3.53. The summed E-state index contributed by atoms with van der Waals surface area (Å²) in [5, 5.41) is 0. The Kier molecular flexibility index (Phi) is 5.12. The van der Waals surface area contributed by atoms with Gasteiger partial charge < -0.3 is 4.74 Å². The lowest BCUT2D eigenvalue weighted by Gasteiger charge is -2.36. The van der Waals surface area contributed by atoms with Gasteiger partial charge in [-0.2, -0.15) is 0 Å². The van der Waals surface area contributed by atoms with Crippen LogP contribution in [0.1, 0.15) is 29.7 Å². The van der Waals surface area contributed by atoms with Gasteiger partial charge in [-0.3, -0.25) is 4.79 Å². The van der Waals surface area contributed by atoms with E-state index in [1.807, 2.05) is 6.92 Å². The zero-order chi connectivity index (χ0) is 19.8. The molecule has 0 N–H and O–H groups in total. The van der Waals surface area contributed by atoms with E-state index in [1.165, 1.54) is 18.3 Å². The second-order valence-electron chi connectivity index (χ2n) is 6.99. The molecule has 1 aliphatic rings. The second-order valence-corrected chi connectivity index (χ2v) is 8.81. The third kappa shape index (κ3) is 3.50. The number of esters is 1. The van der Waals surface area contributed by atoms with Gasteiger partial charge in [0.15, 0.2) is 0 Å². The lowest BCUT2D eigenvalue weighted by molar-refractivity contribution is -0.147. The number of alkyl halides is 2. The van der Waals surface area contributed by atoms with Gasteiger partial charge in [0, 0.05) is 23.7 Å². The van der Waals surface area contributed by atoms with Crippen molar-refractivity contribution in [3.05, 3.63) is 53.3 Å². The van der Waals surface area contributed by atoms with Crippen LogP contribution in [0.15, 0.2) is 41.4 Å². The van der Waals surface area contributed by atoms with Crippen LogP contribution in [0.2, 0.25) is 0 Å². The highest BCUT2D eigenvalue weighted by molar-refractivity contribution is 7.90. The van der Waals surface area contributed by atoms with Gasteiger partial charge in [0.1, 0.15) is 0 Å². The molecule has 0 saturated heterocycles. The standard InChI is InChI=1S/C19H21F2NO4S/c1-13-3-5-15(6-4-13)27(24,25)22-10-8-14-7-9-19(18(20)21,11-16(14)22)12-17(23)26-2/h3-6,8,10,18H,7,9,11-12H2,1-2H3. The normalized spacial score (nSPS) is 19.7. The van der Waals surface area contributed by atoms with Gasteiger partial charge in [0.05, 0.1) is 18.4 Å². The molecule has 0 fully saturated rings. The van der Waals surface area contributed by atoms with Crippen LogP contribution in [0.25, 0.3) is 0 Å². The monoisotopic (exact) mass is 397 g/mol. The van der Waals surface area contributed by atoms with Crippen LogP contribution in [0.3, 0.4) is 0 Å². The minimum atomic E-state index is -3.91. The van der Waals surface area contributed by atoms with Gasteiger partial charge in [-0.15, -0.1) is 0 Å². The highest BCUT2D eigenvalue weighted by Crippen LogP contribution is 2.44. The Labute approximate surface area is 157 Å². The summed E-state index contributed by atoms with van der Waals surface area (Å²) < 4.78 is 59.5. The Morgan fingerprint density at radius 3 is 2.52 bits per heavy atom. The zero-order valence-corrected chi connectivity index (χ0v) is 15.9. The zero-order valence-electron chi connectivity index (χ0n) is 15.1. The Morgan fingerprint density at radius 1 is 1.26 bits per heavy atom. The van der Waals surface area contributed by atoms with E-state index in [9.17, 15) is 22.0 Å². The summed E-state index contributed by atoms with van der Waals surface area (Å²) in [6.45, 7) is 1.84. The summed E-state index contributed by atoms with van der Waals surface area (Å²) in [6.07, 6.45) is -1.63. The first kappa shape index (κ1) is 19.5. The number of aryl methyl sites for hydroxylation is 2. The molecule has 27 heavy (non-hydrogen) atoms. The van der Waals surface area contributed by atoms with E-state index in [0.717, 1.165) is 16.6 Å². The van der Waals surface area contributed by atoms with Gasteiger partial charge in [-0.25, -0.2) is 21.2 Å². The van der Waals surface area contributed by atoms with Crippen molar-refractivity contribution in [1.29, 1.82) is 0 Å². The Balaban J connectivity index is 2.03. The minimum Gasteiger partial charge on any atom is -0.469 e. The SMILES string of the molecule is COC(=O)CC1(C(F)F)CCc2ccn(S(=O)(=O)c3ccc(C)cc3)c2C1. The summed E-state index contributed by atoms with van der Waals surface area (Å²) in [5.74, 6) is -0.724. The molecule has 0 radical (unpaired) electrons. The predicted octanol–water partition coefficient (Wildman–Crippen LogP) is 3.34. The molecule has 0 saturated carbocycles. The van der Waals surface area contributed by atoms with Crippen LogP contribution in [0.4, 0.5) is 8.78 Å². The number of fused-ring (bicyclic) bond motifs is 1. The lowest BCUT2D eigenvalue weighted by Crippen LogP contribution is -2.39. The number of nitrogens with zero attached hydrogens (tertiary/aromatic N) is 1. The van der Waals surface area contributed by atoms with Gasteiger partial charge in [-0.05, 0) is 43.5 Å². The average molecular weight is 397 g/mol. The van der Waals surface area contributed by atoms with Gasteiger partial charge in [0.2, 0.25) is 6.43 Å². The molecule has 8 heteroatoms.